The predicted octanol–water partition coefficient (Wildman–Crippen LogP) is 2.65. The SMILES string of the molecule is CCCN(Cc1nc(N)c2ccsc2n1)C1CC1. The number of hydrogen-bond donors (Lipinski definition) is 1. The summed E-state index contributed by atoms with van der Waals surface area (Å²) in [6, 6.07) is 2.73. The van der Waals surface area contributed by atoms with Crippen molar-refractivity contribution >= 4 is 27.4 Å². The Hall–Kier alpha value is -1.20. The molecule has 1 aliphatic rings. The highest BCUT2D eigenvalue weighted by atomic mass is 32.1. The Labute approximate surface area is 111 Å². The quantitative estimate of drug-likeness (QED) is 0.900. The van der Waals surface area contributed by atoms with E-state index in [9.17, 15) is 0 Å². The Balaban J connectivity index is 1.84. The van der Waals surface area contributed by atoms with Crippen molar-refractivity contribution in [3.05, 3.63) is 17.3 Å². The molecule has 0 spiro atoms. The number of nitrogen functional groups attached to an aromatic ring is 1. The lowest BCUT2D eigenvalue weighted by Crippen LogP contribution is -2.27. The van der Waals surface area contributed by atoms with E-state index in [1.807, 2.05) is 11.4 Å². The number of thiophene rings is 1. The highest BCUT2D eigenvalue weighted by Gasteiger charge is 2.28. The van der Waals surface area contributed by atoms with Gasteiger partial charge in [-0.3, -0.25) is 4.90 Å². The lowest BCUT2D eigenvalue weighted by atomic mass is 10.3. The van der Waals surface area contributed by atoms with Gasteiger partial charge in [-0.2, -0.15) is 0 Å². The molecule has 18 heavy (non-hydrogen) atoms. The van der Waals surface area contributed by atoms with Crippen LogP contribution in [-0.4, -0.2) is 27.5 Å². The summed E-state index contributed by atoms with van der Waals surface area (Å²) in [6.07, 6.45) is 3.81. The van der Waals surface area contributed by atoms with Gasteiger partial charge in [0.2, 0.25) is 0 Å². The third kappa shape index (κ3) is 2.33. The Kier molecular flexibility index (Phi) is 3.18. The van der Waals surface area contributed by atoms with Crippen molar-refractivity contribution in [2.24, 2.45) is 0 Å². The molecular weight excluding hydrogens is 244 g/mol. The molecule has 1 aliphatic carbocycles. The smallest absolute Gasteiger partial charge is 0.146 e. The van der Waals surface area contributed by atoms with Crippen LogP contribution in [0.3, 0.4) is 0 Å². The minimum Gasteiger partial charge on any atom is -0.383 e. The number of nitrogens with zero attached hydrogens (tertiary/aromatic N) is 3. The standard InChI is InChI=1S/C13H18N4S/c1-2-6-17(9-3-4-9)8-11-15-12(14)10-5-7-18-13(10)16-11/h5,7,9H,2-4,6,8H2,1H3,(H2,14,15,16). The second-order valence-corrected chi connectivity index (χ2v) is 5.76. The molecule has 2 heterocycles. The van der Waals surface area contributed by atoms with Crippen LogP contribution in [0.2, 0.25) is 0 Å². The number of nitrogens with two attached hydrogens (primary N) is 1. The summed E-state index contributed by atoms with van der Waals surface area (Å²) in [5, 5.41) is 3.00. The predicted molar refractivity (Wildman–Crippen MR) is 75.6 cm³/mol. The van der Waals surface area contributed by atoms with Crippen molar-refractivity contribution in [3.8, 4) is 0 Å². The van der Waals surface area contributed by atoms with E-state index in [-0.39, 0.29) is 0 Å². The monoisotopic (exact) mass is 262 g/mol. The molecule has 0 radical (unpaired) electrons. The van der Waals surface area contributed by atoms with Gasteiger partial charge in [0.15, 0.2) is 0 Å². The van der Waals surface area contributed by atoms with E-state index < -0.39 is 0 Å². The Bertz CT molecular complexity index is 547. The molecule has 2 aromatic rings. The summed E-state index contributed by atoms with van der Waals surface area (Å²) in [7, 11) is 0. The van der Waals surface area contributed by atoms with E-state index in [1.165, 1.54) is 19.3 Å². The summed E-state index contributed by atoms with van der Waals surface area (Å²) in [6.45, 7) is 4.17. The first kappa shape index (κ1) is 11.9. The first-order chi connectivity index (χ1) is 8.78. The normalized spacial score (nSPS) is 15.7. The lowest BCUT2D eigenvalue weighted by Gasteiger charge is -2.20. The zero-order valence-corrected chi connectivity index (χ0v) is 11.4. The van der Waals surface area contributed by atoms with Crippen LogP contribution in [0.5, 0.6) is 0 Å². The summed E-state index contributed by atoms with van der Waals surface area (Å²) < 4.78 is 0. The molecule has 0 saturated heterocycles. The molecule has 5 heteroatoms. The van der Waals surface area contributed by atoms with E-state index in [2.05, 4.69) is 21.8 Å². The van der Waals surface area contributed by atoms with Gasteiger partial charge in [-0.15, -0.1) is 11.3 Å². The van der Waals surface area contributed by atoms with E-state index in [0.29, 0.717) is 5.82 Å². The van der Waals surface area contributed by atoms with Crippen LogP contribution in [0.25, 0.3) is 10.2 Å². The topological polar surface area (TPSA) is 55.0 Å². The molecule has 96 valence electrons. The minimum absolute atomic E-state index is 0.614. The fourth-order valence-corrected chi connectivity index (χ4v) is 3.08. The van der Waals surface area contributed by atoms with Crippen LogP contribution in [0.4, 0.5) is 5.82 Å². The summed E-state index contributed by atoms with van der Waals surface area (Å²) in [5.74, 6) is 1.48. The van der Waals surface area contributed by atoms with Crippen molar-refractivity contribution in [3.63, 3.8) is 0 Å². The lowest BCUT2D eigenvalue weighted by molar-refractivity contribution is 0.249. The molecule has 0 aliphatic heterocycles. The van der Waals surface area contributed by atoms with Crippen LogP contribution in [0.1, 0.15) is 32.0 Å². The average Bonchev–Trinajstić information content (AvgIpc) is 3.08. The van der Waals surface area contributed by atoms with E-state index in [0.717, 1.165) is 35.2 Å². The third-order valence-electron chi connectivity index (χ3n) is 3.32. The molecule has 1 saturated carbocycles. The van der Waals surface area contributed by atoms with Crippen LogP contribution in [0.15, 0.2) is 11.4 Å². The summed E-state index contributed by atoms with van der Waals surface area (Å²) in [4.78, 5) is 12.5. The third-order valence-corrected chi connectivity index (χ3v) is 4.13. The highest BCUT2D eigenvalue weighted by molar-refractivity contribution is 7.16. The van der Waals surface area contributed by atoms with Gasteiger partial charge in [-0.1, -0.05) is 6.92 Å². The zero-order valence-electron chi connectivity index (χ0n) is 10.6. The van der Waals surface area contributed by atoms with Gasteiger partial charge in [-0.05, 0) is 37.3 Å². The summed E-state index contributed by atoms with van der Waals surface area (Å²) in [5.41, 5.74) is 5.98. The van der Waals surface area contributed by atoms with E-state index >= 15 is 0 Å². The van der Waals surface area contributed by atoms with Crippen LogP contribution in [-0.2, 0) is 6.54 Å². The van der Waals surface area contributed by atoms with Gasteiger partial charge in [-0.25, -0.2) is 9.97 Å². The molecule has 0 atom stereocenters. The van der Waals surface area contributed by atoms with E-state index in [1.54, 1.807) is 11.3 Å². The second kappa shape index (κ2) is 4.82. The maximum Gasteiger partial charge on any atom is 0.146 e. The Morgan fingerprint density at radius 1 is 1.44 bits per heavy atom. The fourth-order valence-electron chi connectivity index (χ4n) is 2.29. The van der Waals surface area contributed by atoms with Gasteiger partial charge in [0.25, 0.3) is 0 Å². The minimum atomic E-state index is 0.614. The molecule has 0 amide bonds. The first-order valence-electron chi connectivity index (χ1n) is 6.51. The Morgan fingerprint density at radius 2 is 2.28 bits per heavy atom. The maximum atomic E-state index is 5.98. The molecule has 0 unspecified atom stereocenters. The molecule has 1 fully saturated rings. The van der Waals surface area contributed by atoms with Gasteiger partial charge in [0.1, 0.15) is 16.5 Å². The van der Waals surface area contributed by atoms with Crippen molar-refractivity contribution in [1.82, 2.24) is 14.9 Å². The fraction of sp³-hybridized carbons (Fsp3) is 0.538. The second-order valence-electron chi connectivity index (χ2n) is 4.87. The van der Waals surface area contributed by atoms with Gasteiger partial charge >= 0.3 is 0 Å². The zero-order chi connectivity index (χ0) is 12.5. The van der Waals surface area contributed by atoms with Crippen molar-refractivity contribution < 1.29 is 0 Å². The van der Waals surface area contributed by atoms with E-state index in [4.69, 9.17) is 5.73 Å². The van der Waals surface area contributed by atoms with Crippen molar-refractivity contribution in [2.75, 3.05) is 12.3 Å². The number of hydrogen-bond acceptors (Lipinski definition) is 5. The van der Waals surface area contributed by atoms with Crippen molar-refractivity contribution in [1.29, 1.82) is 0 Å². The molecule has 3 rings (SSSR count). The molecule has 2 aromatic heterocycles. The van der Waals surface area contributed by atoms with Crippen LogP contribution < -0.4 is 5.73 Å². The highest BCUT2D eigenvalue weighted by Crippen LogP contribution is 2.29. The Morgan fingerprint density at radius 3 is 3.00 bits per heavy atom. The first-order valence-corrected chi connectivity index (χ1v) is 7.39. The molecule has 4 nitrogen and oxygen atoms in total. The number of fused-ring (bicyclic) bond motifs is 1. The van der Waals surface area contributed by atoms with Gasteiger partial charge in [0, 0.05) is 6.04 Å². The molecule has 0 aromatic carbocycles. The number of anilines is 1. The van der Waals surface area contributed by atoms with Gasteiger partial charge in [0.05, 0.1) is 11.9 Å². The van der Waals surface area contributed by atoms with Crippen LogP contribution in [0, 0.1) is 0 Å². The van der Waals surface area contributed by atoms with Gasteiger partial charge < -0.3 is 5.73 Å². The number of aromatic nitrogens is 2. The summed E-state index contributed by atoms with van der Waals surface area (Å²) >= 11 is 1.63. The van der Waals surface area contributed by atoms with Crippen LogP contribution >= 0.6 is 11.3 Å². The van der Waals surface area contributed by atoms with Crippen molar-refractivity contribution in [2.45, 2.75) is 38.8 Å². The average molecular weight is 262 g/mol. The molecule has 0 bridgehead atoms. The largest absolute Gasteiger partial charge is 0.383 e. The number of rotatable bonds is 5. The molecular formula is C13H18N4S. The molecule has 2 N–H and O–H groups in total. The maximum absolute atomic E-state index is 5.98.